The maximum Gasteiger partial charge on any atom is 0.165 e. The monoisotopic (exact) mass is 294 g/mol. The lowest BCUT2D eigenvalue weighted by Crippen LogP contribution is -2.09. The minimum absolute atomic E-state index is 0.684. The van der Waals surface area contributed by atoms with Gasteiger partial charge in [-0.05, 0) is 24.8 Å². The number of anilines is 1. The number of hydrogen-bond donors (Lipinski definition) is 1. The Morgan fingerprint density at radius 2 is 1.95 bits per heavy atom. The van der Waals surface area contributed by atoms with Crippen LogP contribution in [0.3, 0.4) is 0 Å². The molecular weight excluding hydrogens is 272 g/mol. The molecule has 0 saturated carbocycles. The Kier molecular flexibility index (Phi) is 4.09. The van der Waals surface area contributed by atoms with Gasteiger partial charge in [0.05, 0.1) is 6.20 Å². The molecule has 1 aromatic carbocycles. The molecule has 22 heavy (non-hydrogen) atoms. The van der Waals surface area contributed by atoms with Gasteiger partial charge in [-0.15, -0.1) is 0 Å². The minimum atomic E-state index is 0.684. The SMILES string of the molecule is Cc1cc(NCCC(C)C)n2ncc(-c3ccccc3)c2n1. The van der Waals surface area contributed by atoms with Crippen molar-refractivity contribution < 1.29 is 0 Å². The van der Waals surface area contributed by atoms with Crippen molar-refractivity contribution in [1.29, 1.82) is 0 Å². The van der Waals surface area contributed by atoms with Gasteiger partial charge < -0.3 is 5.32 Å². The first kappa shape index (κ1) is 14.6. The molecule has 0 aliphatic rings. The van der Waals surface area contributed by atoms with Gasteiger partial charge in [0, 0.05) is 23.9 Å². The smallest absolute Gasteiger partial charge is 0.165 e. The van der Waals surface area contributed by atoms with Crippen LogP contribution in [0.2, 0.25) is 0 Å². The molecule has 0 unspecified atom stereocenters. The second-order valence-corrected chi connectivity index (χ2v) is 6.05. The quantitative estimate of drug-likeness (QED) is 0.768. The van der Waals surface area contributed by atoms with E-state index >= 15 is 0 Å². The number of benzene rings is 1. The number of rotatable bonds is 5. The van der Waals surface area contributed by atoms with Crippen LogP contribution in [-0.2, 0) is 0 Å². The fourth-order valence-electron chi connectivity index (χ4n) is 2.52. The lowest BCUT2D eigenvalue weighted by Gasteiger charge is -2.11. The number of fused-ring (bicyclic) bond motifs is 1. The summed E-state index contributed by atoms with van der Waals surface area (Å²) >= 11 is 0. The lowest BCUT2D eigenvalue weighted by atomic mass is 10.1. The van der Waals surface area contributed by atoms with Gasteiger partial charge in [-0.25, -0.2) is 4.98 Å². The van der Waals surface area contributed by atoms with Crippen LogP contribution in [0.5, 0.6) is 0 Å². The Morgan fingerprint density at radius 3 is 2.68 bits per heavy atom. The van der Waals surface area contributed by atoms with Crippen molar-refractivity contribution in [2.45, 2.75) is 27.2 Å². The van der Waals surface area contributed by atoms with E-state index in [0.29, 0.717) is 5.92 Å². The van der Waals surface area contributed by atoms with Gasteiger partial charge in [0.1, 0.15) is 5.82 Å². The average molecular weight is 294 g/mol. The van der Waals surface area contributed by atoms with Crippen LogP contribution in [-0.4, -0.2) is 21.1 Å². The molecule has 0 spiro atoms. The van der Waals surface area contributed by atoms with Gasteiger partial charge in [0.2, 0.25) is 0 Å². The molecule has 0 atom stereocenters. The summed E-state index contributed by atoms with van der Waals surface area (Å²) in [4.78, 5) is 4.68. The van der Waals surface area contributed by atoms with E-state index in [1.165, 1.54) is 0 Å². The molecule has 3 aromatic rings. The van der Waals surface area contributed by atoms with E-state index in [4.69, 9.17) is 0 Å². The third-order valence-corrected chi connectivity index (χ3v) is 3.71. The summed E-state index contributed by atoms with van der Waals surface area (Å²) in [5.41, 5.74) is 4.11. The Labute approximate surface area is 131 Å². The third kappa shape index (κ3) is 2.96. The first-order chi connectivity index (χ1) is 10.6. The zero-order valence-corrected chi connectivity index (χ0v) is 13.4. The predicted octanol–water partition coefficient (Wildman–Crippen LogP) is 4.16. The normalized spacial score (nSPS) is 11.3. The molecule has 3 rings (SSSR count). The Hall–Kier alpha value is -2.36. The van der Waals surface area contributed by atoms with Crippen molar-refractivity contribution in [3.8, 4) is 11.1 Å². The standard InChI is InChI=1S/C18H22N4/c1-13(2)9-10-19-17-11-14(3)21-18-16(12-20-22(17)18)15-7-5-4-6-8-15/h4-8,11-13,19H,9-10H2,1-3H3. The summed E-state index contributed by atoms with van der Waals surface area (Å²) in [7, 11) is 0. The molecule has 4 heteroatoms. The molecule has 0 aliphatic carbocycles. The fraction of sp³-hybridized carbons (Fsp3) is 0.333. The molecular formula is C18H22N4. The highest BCUT2D eigenvalue weighted by Crippen LogP contribution is 2.25. The number of nitrogens with one attached hydrogen (secondary N) is 1. The Bertz CT molecular complexity index is 759. The van der Waals surface area contributed by atoms with E-state index in [2.05, 4.69) is 47.4 Å². The van der Waals surface area contributed by atoms with E-state index in [0.717, 1.165) is 41.3 Å². The zero-order valence-electron chi connectivity index (χ0n) is 13.4. The average Bonchev–Trinajstić information content (AvgIpc) is 2.91. The molecule has 1 N–H and O–H groups in total. The van der Waals surface area contributed by atoms with E-state index in [9.17, 15) is 0 Å². The van der Waals surface area contributed by atoms with Gasteiger partial charge in [0.25, 0.3) is 0 Å². The summed E-state index contributed by atoms with van der Waals surface area (Å²) in [5, 5.41) is 8.01. The second kappa shape index (κ2) is 6.18. The zero-order chi connectivity index (χ0) is 15.5. The van der Waals surface area contributed by atoms with Crippen molar-refractivity contribution >= 4 is 11.5 Å². The number of nitrogens with zero attached hydrogens (tertiary/aromatic N) is 3. The molecule has 0 radical (unpaired) electrons. The van der Waals surface area contributed by atoms with Gasteiger partial charge >= 0.3 is 0 Å². The third-order valence-electron chi connectivity index (χ3n) is 3.71. The van der Waals surface area contributed by atoms with Crippen LogP contribution in [0.1, 0.15) is 26.0 Å². The molecule has 114 valence electrons. The summed E-state index contributed by atoms with van der Waals surface area (Å²) in [6, 6.07) is 12.3. The molecule has 0 aliphatic heterocycles. The Balaban J connectivity index is 1.99. The topological polar surface area (TPSA) is 42.2 Å². The molecule has 2 aromatic heterocycles. The number of aromatic nitrogens is 3. The largest absolute Gasteiger partial charge is 0.370 e. The van der Waals surface area contributed by atoms with Crippen LogP contribution in [0.15, 0.2) is 42.6 Å². The molecule has 0 fully saturated rings. The van der Waals surface area contributed by atoms with Crippen molar-refractivity contribution in [2.75, 3.05) is 11.9 Å². The van der Waals surface area contributed by atoms with Crippen molar-refractivity contribution in [1.82, 2.24) is 14.6 Å². The maximum absolute atomic E-state index is 4.68. The predicted molar refractivity (Wildman–Crippen MR) is 91.1 cm³/mol. The van der Waals surface area contributed by atoms with Crippen molar-refractivity contribution in [2.24, 2.45) is 5.92 Å². The Morgan fingerprint density at radius 1 is 1.18 bits per heavy atom. The highest BCUT2D eigenvalue weighted by Gasteiger charge is 2.11. The summed E-state index contributed by atoms with van der Waals surface area (Å²) < 4.78 is 1.90. The highest BCUT2D eigenvalue weighted by atomic mass is 15.3. The fourth-order valence-corrected chi connectivity index (χ4v) is 2.52. The van der Waals surface area contributed by atoms with Crippen LogP contribution >= 0.6 is 0 Å². The lowest BCUT2D eigenvalue weighted by molar-refractivity contribution is 0.606. The minimum Gasteiger partial charge on any atom is -0.370 e. The van der Waals surface area contributed by atoms with Crippen molar-refractivity contribution in [3.63, 3.8) is 0 Å². The maximum atomic E-state index is 4.68. The van der Waals surface area contributed by atoms with E-state index in [1.54, 1.807) is 0 Å². The molecule has 4 nitrogen and oxygen atoms in total. The van der Waals surface area contributed by atoms with Crippen LogP contribution in [0, 0.1) is 12.8 Å². The molecule has 0 amide bonds. The number of aryl methyl sites for hydroxylation is 1. The first-order valence-corrected chi connectivity index (χ1v) is 7.80. The van der Waals surface area contributed by atoms with Crippen LogP contribution in [0.4, 0.5) is 5.82 Å². The summed E-state index contributed by atoms with van der Waals surface area (Å²) in [6.07, 6.45) is 3.03. The molecule has 0 bridgehead atoms. The van der Waals surface area contributed by atoms with Crippen LogP contribution < -0.4 is 5.32 Å². The van der Waals surface area contributed by atoms with Crippen molar-refractivity contribution in [3.05, 3.63) is 48.3 Å². The summed E-state index contributed by atoms with van der Waals surface area (Å²) in [5.74, 6) is 1.69. The molecule has 0 saturated heterocycles. The van der Waals surface area contributed by atoms with Gasteiger partial charge in [-0.1, -0.05) is 44.2 Å². The van der Waals surface area contributed by atoms with Gasteiger partial charge in [-0.3, -0.25) is 0 Å². The van der Waals surface area contributed by atoms with E-state index < -0.39 is 0 Å². The summed E-state index contributed by atoms with van der Waals surface area (Å²) in [6.45, 7) is 7.43. The molecule has 2 heterocycles. The highest BCUT2D eigenvalue weighted by molar-refractivity contribution is 5.78. The number of hydrogen-bond acceptors (Lipinski definition) is 3. The van der Waals surface area contributed by atoms with Gasteiger partial charge in [-0.2, -0.15) is 9.61 Å². The van der Waals surface area contributed by atoms with E-state index in [1.807, 2.05) is 35.8 Å². The van der Waals surface area contributed by atoms with Gasteiger partial charge in [0.15, 0.2) is 5.65 Å². The second-order valence-electron chi connectivity index (χ2n) is 6.05. The van der Waals surface area contributed by atoms with E-state index in [-0.39, 0.29) is 0 Å². The van der Waals surface area contributed by atoms with Crippen LogP contribution in [0.25, 0.3) is 16.8 Å². The first-order valence-electron chi connectivity index (χ1n) is 7.80.